The largest absolute Gasteiger partial charge is 0.416 e. The molecule has 1 amide bonds. The zero-order valence-electron chi connectivity index (χ0n) is 18.8. The molecule has 10 heteroatoms. The van der Waals surface area contributed by atoms with Crippen LogP contribution in [-0.4, -0.2) is 29.0 Å². The Morgan fingerprint density at radius 1 is 1.00 bits per heavy atom. The third-order valence-corrected chi connectivity index (χ3v) is 6.74. The monoisotopic (exact) mass is 520 g/mol. The van der Waals surface area contributed by atoms with Gasteiger partial charge in [-0.15, -0.1) is 0 Å². The lowest BCUT2D eigenvalue weighted by Crippen LogP contribution is -2.30. The summed E-state index contributed by atoms with van der Waals surface area (Å²) in [4.78, 5) is 23.6. The number of carbonyl (C=O) groups excluding carboxylic acids is 1. The van der Waals surface area contributed by atoms with Crippen LogP contribution in [0, 0.1) is 0 Å². The SMILES string of the molecule is O=C(NCc1cccc(C(F)(F)F)c1)c1ccc(CSc2nc(Cl)cc(N3CCCCC3)n2)cc1. The summed E-state index contributed by atoms with van der Waals surface area (Å²) in [7, 11) is 0. The van der Waals surface area contributed by atoms with E-state index in [0.717, 1.165) is 49.4 Å². The molecule has 1 aromatic heterocycles. The Kier molecular flexibility index (Phi) is 8.18. The molecule has 1 aliphatic rings. The first kappa shape index (κ1) is 25.3. The summed E-state index contributed by atoms with van der Waals surface area (Å²) in [5.74, 6) is 1.09. The van der Waals surface area contributed by atoms with Gasteiger partial charge in [0, 0.05) is 37.0 Å². The smallest absolute Gasteiger partial charge is 0.356 e. The number of piperidine rings is 1. The van der Waals surface area contributed by atoms with Gasteiger partial charge in [0.25, 0.3) is 5.91 Å². The van der Waals surface area contributed by atoms with Gasteiger partial charge in [0.05, 0.1) is 5.56 Å². The molecule has 2 aromatic carbocycles. The highest BCUT2D eigenvalue weighted by atomic mass is 35.5. The molecule has 1 N–H and O–H groups in total. The third kappa shape index (κ3) is 7.11. The summed E-state index contributed by atoms with van der Waals surface area (Å²) in [5, 5.41) is 3.67. The molecule has 1 aliphatic heterocycles. The van der Waals surface area contributed by atoms with E-state index in [1.807, 2.05) is 12.1 Å². The fourth-order valence-corrected chi connectivity index (χ4v) is 4.81. The number of hydrogen-bond acceptors (Lipinski definition) is 5. The van der Waals surface area contributed by atoms with Crippen molar-refractivity contribution < 1.29 is 18.0 Å². The van der Waals surface area contributed by atoms with Crippen LogP contribution in [0.25, 0.3) is 0 Å². The van der Waals surface area contributed by atoms with E-state index in [1.54, 1.807) is 24.3 Å². The lowest BCUT2D eigenvalue weighted by Gasteiger charge is -2.27. The average Bonchev–Trinajstić information content (AvgIpc) is 2.86. The van der Waals surface area contributed by atoms with Gasteiger partial charge in [-0.1, -0.05) is 47.6 Å². The molecule has 3 aromatic rings. The topological polar surface area (TPSA) is 58.1 Å². The number of halogens is 4. The Balaban J connectivity index is 1.32. The number of rotatable bonds is 7. The van der Waals surface area contributed by atoms with Crippen molar-refractivity contribution in [3.05, 3.63) is 82.0 Å². The first-order valence-corrected chi connectivity index (χ1v) is 12.6. The fraction of sp³-hybridized carbons (Fsp3) is 0.320. The number of carbonyl (C=O) groups is 1. The number of alkyl halides is 3. The predicted octanol–water partition coefficient (Wildman–Crippen LogP) is 6.36. The second kappa shape index (κ2) is 11.3. The van der Waals surface area contributed by atoms with E-state index in [4.69, 9.17) is 11.6 Å². The van der Waals surface area contributed by atoms with Crippen molar-refractivity contribution in [1.82, 2.24) is 15.3 Å². The van der Waals surface area contributed by atoms with E-state index in [-0.39, 0.29) is 12.5 Å². The van der Waals surface area contributed by atoms with Crippen molar-refractivity contribution in [3.8, 4) is 0 Å². The summed E-state index contributed by atoms with van der Waals surface area (Å²) in [5.41, 5.74) is 1.05. The lowest BCUT2D eigenvalue weighted by molar-refractivity contribution is -0.137. The summed E-state index contributed by atoms with van der Waals surface area (Å²) in [6.45, 7) is 1.94. The number of thioether (sulfide) groups is 1. The minimum atomic E-state index is -4.42. The minimum absolute atomic E-state index is 0.00577. The first-order valence-electron chi connectivity index (χ1n) is 11.2. The van der Waals surface area contributed by atoms with E-state index in [2.05, 4.69) is 20.2 Å². The van der Waals surface area contributed by atoms with Crippen molar-refractivity contribution >= 4 is 35.1 Å². The molecule has 0 unspecified atom stereocenters. The molecule has 35 heavy (non-hydrogen) atoms. The Labute approximate surface area is 211 Å². The van der Waals surface area contributed by atoms with Crippen LogP contribution in [0.15, 0.2) is 59.8 Å². The van der Waals surface area contributed by atoms with Gasteiger partial charge in [0.1, 0.15) is 11.0 Å². The van der Waals surface area contributed by atoms with Crippen LogP contribution in [0.3, 0.4) is 0 Å². The molecular formula is C25H24ClF3N4OS. The summed E-state index contributed by atoms with van der Waals surface area (Å²) < 4.78 is 38.6. The van der Waals surface area contributed by atoms with Crippen LogP contribution >= 0.6 is 23.4 Å². The maximum absolute atomic E-state index is 12.9. The Hall–Kier alpha value is -2.78. The van der Waals surface area contributed by atoms with Crippen LogP contribution in [0.4, 0.5) is 19.0 Å². The standard InChI is InChI=1S/C25H24ClF3N4OS/c26-21-14-22(33-11-2-1-3-12-33)32-24(31-21)35-16-17-7-9-19(10-8-17)23(34)30-15-18-5-4-6-20(13-18)25(27,28)29/h4-10,13-14H,1-3,11-12,15-16H2,(H,30,34). The number of amides is 1. The van der Waals surface area contributed by atoms with Crippen molar-refractivity contribution in [2.75, 3.05) is 18.0 Å². The normalized spacial score (nSPS) is 14.1. The van der Waals surface area contributed by atoms with Crippen LogP contribution in [0.2, 0.25) is 5.15 Å². The molecule has 0 aliphatic carbocycles. The average molecular weight is 521 g/mol. The molecule has 0 saturated carbocycles. The summed E-state index contributed by atoms with van der Waals surface area (Å²) in [6.07, 6.45) is -0.900. The van der Waals surface area contributed by atoms with Crippen molar-refractivity contribution in [3.63, 3.8) is 0 Å². The van der Waals surface area contributed by atoms with E-state index in [0.29, 0.717) is 27.2 Å². The first-order chi connectivity index (χ1) is 16.8. The van der Waals surface area contributed by atoms with Gasteiger partial charge in [0.15, 0.2) is 5.16 Å². The fourth-order valence-electron chi connectivity index (χ4n) is 3.78. The number of nitrogens with zero attached hydrogens (tertiary/aromatic N) is 3. The van der Waals surface area contributed by atoms with Gasteiger partial charge in [-0.25, -0.2) is 9.97 Å². The number of anilines is 1. The number of hydrogen-bond donors (Lipinski definition) is 1. The molecule has 184 valence electrons. The molecule has 1 saturated heterocycles. The molecule has 1 fully saturated rings. The van der Waals surface area contributed by atoms with Gasteiger partial charge in [-0.2, -0.15) is 13.2 Å². The molecule has 0 radical (unpaired) electrons. The van der Waals surface area contributed by atoms with E-state index in [1.165, 1.54) is 24.2 Å². The summed E-state index contributed by atoms with van der Waals surface area (Å²) >= 11 is 7.69. The molecule has 0 bridgehead atoms. The molecular weight excluding hydrogens is 497 g/mol. The Morgan fingerprint density at radius 2 is 1.74 bits per heavy atom. The molecule has 0 atom stereocenters. The highest BCUT2D eigenvalue weighted by Crippen LogP contribution is 2.29. The second-order valence-corrected chi connectivity index (χ2v) is 9.58. The number of aromatic nitrogens is 2. The van der Waals surface area contributed by atoms with E-state index in [9.17, 15) is 18.0 Å². The van der Waals surface area contributed by atoms with Gasteiger partial charge in [-0.3, -0.25) is 4.79 Å². The Morgan fingerprint density at radius 3 is 2.46 bits per heavy atom. The highest BCUT2D eigenvalue weighted by Gasteiger charge is 2.30. The van der Waals surface area contributed by atoms with Gasteiger partial charge < -0.3 is 10.2 Å². The summed E-state index contributed by atoms with van der Waals surface area (Å²) in [6, 6.07) is 13.8. The second-order valence-electron chi connectivity index (χ2n) is 8.25. The van der Waals surface area contributed by atoms with E-state index < -0.39 is 11.7 Å². The molecule has 0 spiro atoms. The molecule has 2 heterocycles. The minimum Gasteiger partial charge on any atom is -0.356 e. The van der Waals surface area contributed by atoms with Gasteiger partial charge in [-0.05, 0) is 54.7 Å². The zero-order valence-corrected chi connectivity index (χ0v) is 20.4. The lowest BCUT2D eigenvalue weighted by atomic mass is 10.1. The third-order valence-electron chi connectivity index (χ3n) is 5.63. The molecule has 5 nitrogen and oxygen atoms in total. The maximum Gasteiger partial charge on any atom is 0.416 e. The van der Waals surface area contributed by atoms with E-state index >= 15 is 0 Å². The van der Waals surface area contributed by atoms with Crippen LogP contribution in [0.1, 0.15) is 46.3 Å². The van der Waals surface area contributed by atoms with Gasteiger partial charge in [0.2, 0.25) is 0 Å². The van der Waals surface area contributed by atoms with Crippen LogP contribution in [-0.2, 0) is 18.5 Å². The van der Waals surface area contributed by atoms with Crippen LogP contribution < -0.4 is 10.2 Å². The molecule has 4 rings (SSSR count). The Bertz CT molecular complexity index is 1170. The number of benzene rings is 2. The predicted molar refractivity (Wildman–Crippen MR) is 132 cm³/mol. The van der Waals surface area contributed by atoms with Gasteiger partial charge >= 0.3 is 6.18 Å². The van der Waals surface area contributed by atoms with Crippen molar-refractivity contribution in [2.24, 2.45) is 0 Å². The van der Waals surface area contributed by atoms with Crippen LogP contribution in [0.5, 0.6) is 0 Å². The van der Waals surface area contributed by atoms with Crippen molar-refractivity contribution in [2.45, 2.75) is 42.9 Å². The number of nitrogens with one attached hydrogen (secondary N) is 1. The quantitative estimate of drug-likeness (QED) is 0.223. The van der Waals surface area contributed by atoms with Crippen molar-refractivity contribution in [1.29, 1.82) is 0 Å². The zero-order chi connectivity index (χ0) is 24.8. The maximum atomic E-state index is 12.9. The highest BCUT2D eigenvalue weighted by molar-refractivity contribution is 7.98.